The van der Waals surface area contributed by atoms with Crippen molar-refractivity contribution in [2.45, 2.75) is 25.0 Å². The average molecular weight is 205 g/mol. The van der Waals surface area contributed by atoms with Gasteiger partial charge in [0.25, 0.3) is 0 Å². The molecule has 0 spiro atoms. The van der Waals surface area contributed by atoms with E-state index in [1.807, 2.05) is 12.4 Å². The minimum Gasteiger partial charge on any atom is -0.326 e. The molecule has 0 atom stereocenters. The summed E-state index contributed by atoms with van der Waals surface area (Å²) in [6.45, 7) is 3.11. The highest BCUT2D eigenvalue weighted by molar-refractivity contribution is 7.99. The predicted octanol–water partition coefficient (Wildman–Crippen LogP) is 2.62. The van der Waals surface area contributed by atoms with Crippen molar-refractivity contribution in [3.63, 3.8) is 0 Å². The molecule has 0 fully saturated rings. The molecule has 1 heterocycles. The second-order valence-corrected chi connectivity index (χ2v) is 3.83. The first-order valence-electron chi connectivity index (χ1n) is 4.08. The van der Waals surface area contributed by atoms with Crippen molar-refractivity contribution in [2.75, 3.05) is 11.6 Å². The molecule has 0 amide bonds. The molecular weight excluding hydrogens is 192 g/mol. The van der Waals surface area contributed by atoms with Crippen LogP contribution in [0.15, 0.2) is 17.6 Å². The van der Waals surface area contributed by atoms with Crippen LogP contribution in [-0.4, -0.2) is 21.2 Å². The third kappa shape index (κ3) is 2.72. The molecule has 0 aliphatic carbocycles. The lowest BCUT2D eigenvalue weighted by molar-refractivity contribution is 0.681. The Hall–Kier alpha value is -0.150. The summed E-state index contributed by atoms with van der Waals surface area (Å²) in [5, 5.41) is 1.10. The van der Waals surface area contributed by atoms with Crippen LogP contribution in [0.2, 0.25) is 0 Å². The van der Waals surface area contributed by atoms with Crippen LogP contribution in [0.25, 0.3) is 0 Å². The van der Waals surface area contributed by atoms with E-state index in [9.17, 15) is 0 Å². The van der Waals surface area contributed by atoms with Gasteiger partial charge in [0.1, 0.15) is 0 Å². The number of hydrogen-bond donors (Lipinski definition) is 0. The quantitative estimate of drug-likeness (QED) is 0.417. The number of hydrogen-bond acceptors (Lipinski definition) is 2. The van der Waals surface area contributed by atoms with Gasteiger partial charge in [-0.3, -0.25) is 0 Å². The van der Waals surface area contributed by atoms with Crippen LogP contribution < -0.4 is 0 Å². The van der Waals surface area contributed by atoms with Crippen LogP contribution in [0.1, 0.15) is 13.3 Å². The summed E-state index contributed by atoms with van der Waals surface area (Å²) in [6, 6.07) is 0. The number of thioether (sulfide) groups is 1. The fourth-order valence-electron chi connectivity index (χ4n) is 0.894. The van der Waals surface area contributed by atoms with Gasteiger partial charge in [0.2, 0.25) is 0 Å². The second-order valence-electron chi connectivity index (χ2n) is 2.39. The molecule has 0 saturated heterocycles. The zero-order chi connectivity index (χ0) is 8.81. The van der Waals surface area contributed by atoms with Gasteiger partial charge < -0.3 is 4.57 Å². The Morgan fingerprint density at radius 1 is 1.67 bits per heavy atom. The van der Waals surface area contributed by atoms with Crippen molar-refractivity contribution in [1.82, 2.24) is 9.55 Å². The Morgan fingerprint density at radius 3 is 3.17 bits per heavy atom. The number of rotatable bonds is 5. The monoisotopic (exact) mass is 204 g/mol. The molecule has 0 bridgehead atoms. The molecule has 1 aromatic heterocycles. The minimum absolute atomic E-state index is 0.736. The molecule has 0 aliphatic rings. The van der Waals surface area contributed by atoms with E-state index in [4.69, 9.17) is 11.6 Å². The molecule has 0 unspecified atom stereocenters. The summed E-state index contributed by atoms with van der Waals surface area (Å²) in [4.78, 5) is 4.24. The summed E-state index contributed by atoms with van der Waals surface area (Å²) in [7, 11) is 0. The minimum atomic E-state index is 0.736. The Morgan fingerprint density at radius 2 is 2.50 bits per heavy atom. The van der Waals surface area contributed by atoms with Gasteiger partial charge in [-0.05, 0) is 13.3 Å². The fourth-order valence-corrected chi connectivity index (χ4v) is 2.15. The summed E-state index contributed by atoms with van der Waals surface area (Å²) in [5.74, 6) is 1.79. The molecule has 0 N–H and O–H groups in total. The Bertz CT molecular complexity index is 225. The molecule has 2 nitrogen and oxygen atoms in total. The van der Waals surface area contributed by atoms with Crippen molar-refractivity contribution in [2.24, 2.45) is 0 Å². The van der Waals surface area contributed by atoms with E-state index < -0.39 is 0 Å². The topological polar surface area (TPSA) is 17.8 Å². The largest absolute Gasteiger partial charge is 0.326 e. The van der Waals surface area contributed by atoms with Crippen molar-refractivity contribution < 1.29 is 0 Å². The van der Waals surface area contributed by atoms with Gasteiger partial charge in [-0.1, -0.05) is 11.8 Å². The van der Waals surface area contributed by atoms with Gasteiger partial charge in [-0.25, -0.2) is 4.98 Å². The van der Waals surface area contributed by atoms with Gasteiger partial charge >= 0.3 is 0 Å². The summed E-state index contributed by atoms with van der Waals surface area (Å²) >= 11 is 7.35. The Balaban J connectivity index is 2.39. The van der Waals surface area contributed by atoms with Gasteiger partial charge in [0, 0.05) is 30.6 Å². The third-order valence-corrected chi connectivity index (χ3v) is 2.89. The van der Waals surface area contributed by atoms with Crippen molar-refractivity contribution in [1.29, 1.82) is 0 Å². The number of alkyl halides is 1. The fraction of sp³-hybridized carbons (Fsp3) is 0.625. The first-order valence-corrected chi connectivity index (χ1v) is 5.60. The van der Waals surface area contributed by atoms with Crippen LogP contribution in [-0.2, 0) is 6.54 Å². The smallest absolute Gasteiger partial charge is 0.167 e. The zero-order valence-electron chi connectivity index (χ0n) is 7.16. The first kappa shape index (κ1) is 9.93. The predicted molar refractivity (Wildman–Crippen MR) is 54.0 cm³/mol. The van der Waals surface area contributed by atoms with Crippen molar-refractivity contribution >= 4 is 23.4 Å². The highest BCUT2D eigenvalue weighted by atomic mass is 35.5. The second kappa shape index (κ2) is 5.49. The third-order valence-electron chi connectivity index (χ3n) is 1.53. The maximum atomic E-state index is 5.57. The van der Waals surface area contributed by atoms with Gasteiger partial charge in [-0.2, -0.15) is 0 Å². The number of aryl methyl sites for hydroxylation is 1. The van der Waals surface area contributed by atoms with E-state index in [0.717, 1.165) is 29.8 Å². The van der Waals surface area contributed by atoms with E-state index in [0.29, 0.717) is 0 Å². The molecular formula is C8H13ClN2S. The van der Waals surface area contributed by atoms with Gasteiger partial charge in [0.15, 0.2) is 5.16 Å². The lowest BCUT2D eigenvalue weighted by Crippen LogP contribution is -1.95. The zero-order valence-corrected chi connectivity index (χ0v) is 8.74. The van der Waals surface area contributed by atoms with Crippen molar-refractivity contribution in [3.05, 3.63) is 12.4 Å². The van der Waals surface area contributed by atoms with Crippen LogP contribution in [0.5, 0.6) is 0 Å². The van der Waals surface area contributed by atoms with E-state index in [2.05, 4.69) is 16.5 Å². The standard InChI is InChI=1S/C8H13ClN2S/c1-2-11-6-5-10-8(11)12-7-3-4-9/h5-6H,2-4,7H2,1H3. The molecule has 12 heavy (non-hydrogen) atoms. The molecule has 0 saturated carbocycles. The summed E-state index contributed by atoms with van der Waals surface area (Å²) in [5.41, 5.74) is 0. The van der Waals surface area contributed by atoms with Crippen LogP contribution >= 0.6 is 23.4 Å². The molecule has 1 aromatic rings. The summed E-state index contributed by atoms with van der Waals surface area (Å²) in [6.07, 6.45) is 4.89. The Labute approximate surface area is 82.3 Å². The van der Waals surface area contributed by atoms with Crippen LogP contribution in [0, 0.1) is 0 Å². The molecule has 68 valence electrons. The number of aromatic nitrogens is 2. The lowest BCUT2D eigenvalue weighted by atomic mass is 10.6. The highest BCUT2D eigenvalue weighted by Crippen LogP contribution is 2.16. The van der Waals surface area contributed by atoms with Crippen LogP contribution in [0.4, 0.5) is 0 Å². The van der Waals surface area contributed by atoms with E-state index in [1.54, 1.807) is 11.8 Å². The molecule has 0 aliphatic heterocycles. The molecule has 4 heteroatoms. The van der Waals surface area contributed by atoms with E-state index in [-0.39, 0.29) is 0 Å². The highest BCUT2D eigenvalue weighted by Gasteiger charge is 1.99. The summed E-state index contributed by atoms with van der Waals surface area (Å²) < 4.78 is 2.14. The Kier molecular flexibility index (Phi) is 4.54. The molecule has 1 rings (SSSR count). The number of nitrogens with zero attached hydrogens (tertiary/aromatic N) is 2. The van der Waals surface area contributed by atoms with E-state index in [1.165, 1.54) is 0 Å². The van der Waals surface area contributed by atoms with E-state index >= 15 is 0 Å². The number of halogens is 1. The van der Waals surface area contributed by atoms with Crippen molar-refractivity contribution in [3.8, 4) is 0 Å². The first-order chi connectivity index (χ1) is 5.88. The molecule has 0 aromatic carbocycles. The maximum Gasteiger partial charge on any atom is 0.167 e. The van der Waals surface area contributed by atoms with Gasteiger partial charge in [0.05, 0.1) is 0 Å². The average Bonchev–Trinajstić information content (AvgIpc) is 2.52. The lowest BCUT2D eigenvalue weighted by Gasteiger charge is -2.02. The SMILES string of the molecule is CCn1ccnc1SCCCCl. The van der Waals surface area contributed by atoms with Gasteiger partial charge in [-0.15, -0.1) is 11.6 Å². The normalized spacial score (nSPS) is 10.5. The maximum absolute atomic E-state index is 5.57. The number of imidazole rings is 1. The molecule has 0 radical (unpaired) electrons. The van der Waals surface area contributed by atoms with Crippen LogP contribution in [0.3, 0.4) is 0 Å².